The quantitative estimate of drug-likeness (QED) is 0.403. The number of methoxy groups -OCH3 is 1. The average Bonchev–Trinajstić information content (AvgIpc) is 3.03. The molecule has 0 amide bonds. The molecule has 0 aliphatic carbocycles. The normalized spacial score (nSPS) is 12.5. The smallest absolute Gasteiger partial charge is 0.210 e. The maximum atomic E-state index is 5.22. The molecule has 26 heavy (non-hydrogen) atoms. The number of halogens is 1. The molecule has 0 atom stereocenters. The van der Waals surface area contributed by atoms with Crippen LogP contribution in [-0.2, 0) is 7.05 Å². The zero-order chi connectivity index (χ0) is 18.5. The van der Waals surface area contributed by atoms with Crippen molar-refractivity contribution < 1.29 is 4.74 Å². The summed E-state index contributed by atoms with van der Waals surface area (Å²) < 4.78 is 8.33. The molecule has 0 saturated carbocycles. The van der Waals surface area contributed by atoms with Gasteiger partial charge < -0.3 is 9.30 Å². The highest BCUT2D eigenvalue weighted by molar-refractivity contribution is 9.10. The maximum absolute atomic E-state index is 5.22. The van der Waals surface area contributed by atoms with E-state index in [0.29, 0.717) is 0 Å². The average molecular weight is 430 g/mol. The van der Waals surface area contributed by atoms with Crippen LogP contribution in [0.3, 0.4) is 0 Å². The van der Waals surface area contributed by atoms with Gasteiger partial charge in [0, 0.05) is 16.9 Å². The summed E-state index contributed by atoms with van der Waals surface area (Å²) >= 11 is 5.09. The zero-order valence-electron chi connectivity index (χ0n) is 14.9. The van der Waals surface area contributed by atoms with E-state index in [9.17, 15) is 0 Å². The van der Waals surface area contributed by atoms with Gasteiger partial charge in [0.1, 0.15) is 5.75 Å². The van der Waals surface area contributed by atoms with E-state index in [1.165, 1.54) is 0 Å². The van der Waals surface area contributed by atoms with E-state index in [1.54, 1.807) is 18.4 Å². The molecule has 0 bridgehead atoms. The van der Waals surface area contributed by atoms with Gasteiger partial charge in [-0.25, -0.2) is 0 Å². The first-order chi connectivity index (χ1) is 12.6. The van der Waals surface area contributed by atoms with Crippen LogP contribution in [0.4, 0.5) is 0 Å². The van der Waals surface area contributed by atoms with Gasteiger partial charge in [-0.05, 0) is 53.9 Å². The molecule has 2 aromatic carbocycles. The van der Waals surface area contributed by atoms with Crippen LogP contribution in [0.2, 0.25) is 0 Å². The van der Waals surface area contributed by atoms with Crippen molar-refractivity contribution in [1.82, 2.24) is 4.57 Å². The van der Waals surface area contributed by atoms with Gasteiger partial charge in [-0.3, -0.25) is 0 Å². The van der Waals surface area contributed by atoms with Crippen molar-refractivity contribution in [2.24, 2.45) is 17.3 Å². The third kappa shape index (κ3) is 4.14. The SMILES string of the molecule is CC/C(=N\N=c1/scc(-c2ccc(OC)cc2)n1C)c1cccc(Br)c1. The minimum Gasteiger partial charge on any atom is -0.497 e. The molecule has 4 nitrogen and oxygen atoms in total. The van der Waals surface area contributed by atoms with E-state index < -0.39 is 0 Å². The number of hydrogen-bond donors (Lipinski definition) is 0. The fourth-order valence-corrected chi connectivity index (χ4v) is 3.84. The second-order valence-electron chi connectivity index (χ2n) is 5.70. The Morgan fingerprint density at radius 2 is 1.96 bits per heavy atom. The molecule has 3 aromatic rings. The number of rotatable bonds is 5. The monoisotopic (exact) mass is 429 g/mol. The molecule has 1 heterocycles. The molecule has 0 aliphatic heterocycles. The summed E-state index contributed by atoms with van der Waals surface area (Å²) in [6, 6.07) is 16.2. The summed E-state index contributed by atoms with van der Waals surface area (Å²) in [5.74, 6) is 0.850. The van der Waals surface area contributed by atoms with Crippen molar-refractivity contribution in [3.8, 4) is 17.0 Å². The summed E-state index contributed by atoms with van der Waals surface area (Å²) in [6.07, 6.45) is 0.820. The molecule has 0 saturated heterocycles. The van der Waals surface area contributed by atoms with E-state index in [4.69, 9.17) is 4.74 Å². The first kappa shape index (κ1) is 18.6. The molecular weight excluding hydrogens is 410 g/mol. The third-order valence-corrected chi connectivity index (χ3v) is 5.46. The van der Waals surface area contributed by atoms with Gasteiger partial charge in [0.2, 0.25) is 4.80 Å². The Labute approximate surface area is 165 Å². The lowest BCUT2D eigenvalue weighted by atomic mass is 10.1. The Kier molecular flexibility index (Phi) is 6.06. The number of ether oxygens (including phenoxy) is 1. The highest BCUT2D eigenvalue weighted by Crippen LogP contribution is 2.22. The molecule has 0 unspecified atom stereocenters. The molecule has 0 spiro atoms. The van der Waals surface area contributed by atoms with Crippen LogP contribution in [0, 0.1) is 0 Å². The van der Waals surface area contributed by atoms with Gasteiger partial charge in [-0.2, -0.15) is 5.10 Å². The van der Waals surface area contributed by atoms with Crippen molar-refractivity contribution in [3.63, 3.8) is 0 Å². The minimum atomic E-state index is 0.820. The topological polar surface area (TPSA) is 38.9 Å². The van der Waals surface area contributed by atoms with Gasteiger partial charge in [0.25, 0.3) is 0 Å². The first-order valence-corrected chi connectivity index (χ1v) is 9.95. The number of thiazole rings is 1. The number of benzene rings is 2. The largest absolute Gasteiger partial charge is 0.497 e. The van der Waals surface area contributed by atoms with Crippen LogP contribution >= 0.6 is 27.3 Å². The summed E-state index contributed by atoms with van der Waals surface area (Å²) in [6.45, 7) is 2.09. The minimum absolute atomic E-state index is 0.820. The molecule has 0 radical (unpaired) electrons. The van der Waals surface area contributed by atoms with E-state index in [0.717, 1.165) is 44.0 Å². The number of hydrogen-bond acceptors (Lipinski definition) is 4. The molecule has 134 valence electrons. The third-order valence-electron chi connectivity index (χ3n) is 4.06. The summed E-state index contributed by atoms with van der Waals surface area (Å²) in [4.78, 5) is 0.858. The molecular formula is C20H20BrN3OS. The van der Waals surface area contributed by atoms with E-state index in [2.05, 4.69) is 55.1 Å². The maximum Gasteiger partial charge on any atom is 0.210 e. The Morgan fingerprint density at radius 1 is 1.19 bits per heavy atom. The van der Waals surface area contributed by atoms with Crippen molar-refractivity contribution in [3.05, 3.63) is 68.7 Å². The van der Waals surface area contributed by atoms with Crippen LogP contribution < -0.4 is 9.54 Å². The van der Waals surface area contributed by atoms with Crippen LogP contribution in [0.15, 0.2) is 68.6 Å². The van der Waals surface area contributed by atoms with Gasteiger partial charge in [-0.15, -0.1) is 16.4 Å². The fourth-order valence-electron chi connectivity index (χ4n) is 2.59. The number of aromatic nitrogens is 1. The lowest BCUT2D eigenvalue weighted by Crippen LogP contribution is -2.11. The van der Waals surface area contributed by atoms with Crippen molar-refractivity contribution in [2.75, 3.05) is 7.11 Å². The second-order valence-corrected chi connectivity index (χ2v) is 7.45. The molecule has 3 rings (SSSR count). The first-order valence-electron chi connectivity index (χ1n) is 8.27. The predicted octanol–water partition coefficient (Wildman–Crippen LogP) is 5.24. The van der Waals surface area contributed by atoms with Crippen molar-refractivity contribution in [2.45, 2.75) is 13.3 Å². The summed E-state index contributed by atoms with van der Waals surface area (Å²) in [7, 11) is 3.68. The zero-order valence-corrected chi connectivity index (χ0v) is 17.3. The van der Waals surface area contributed by atoms with Gasteiger partial charge in [-0.1, -0.05) is 35.0 Å². The second kappa shape index (κ2) is 8.47. The molecule has 0 fully saturated rings. The Bertz CT molecular complexity index is 987. The Morgan fingerprint density at radius 3 is 2.62 bits per heavy atom. The summed E-state index contributed by atoms with van der Waals surface area (Å²) in [5, 5.41) is 11.1. The predicted molar refractivity (Wildman–Crippen MR) is 112 cm³/mol. The molecule has 0 aliphatic rings. The fraction of sp³-hybridized carbons (Fsp3) is 0.200. The lowest BCUT2D eigenvalue weighted by Gasteiger charge is -2.04. The van der Waals surface area contributed by atoms with Crippen LogP contribution in [-0.4, -0.2) is 17.4 Å². The van der Waals surface area contributed by atoms with Gasteiger partial charge >= 0.3 is 0 Å². The van der Waals surface area contributed by atoms with Crippen molar-refractivity contribution in [1.29, 1.82) is 0 Å². The lowest BCUT2D eigenvalue weighted by molar-refractivity contribution is 0.415. The number of nitrogens with zero attached hydrogens (tertiary/aromatic N) is 3. The summed E-state index contributed by atoms with van der Waals surface area (Å²) in [5.41, 5.74) is 4.27. The Hall–Kier alpha value is -2.18. The van der Waals surface area contributed by atoms with Gasteiger partial charge in [0.05, 0.1) is 18.5 Å². The van der Waals surface area contributed by atoms with Gasteiger partial charge in [0.15, 0.2) is 0 Å². The molecule has 0 N–H and O–H groups in total. The molecule has 1 aromatic heterocycles. The highest BCUT2D eigenvalue weighted by atomic mass is 79.9. The van der Waals surface area contributed by atoms with E-state index >= 15 is 0 Å². The van der Waals surface area contributed by atoms with Crippen LogP contribution in [0.5, 0.6) is 5.75 Å². The van der Waals surface area contributed by atoms with Crippen LogP contribution in [0.1, 0.15) is 18.9 Å². The van der Waals surface area contributed by atoms with E-state index in [-0.39, 0.29) is 0 Å². The highest BCUT2D eigenvalue weighted by Gasteiger charge is 2.06. The molecule has 6 heteroatoms. The van der Waals surface area contributed by atoms with E-state index in [1.807, 2.05) is 43.4 Å². The standard InChI is InChI=1S/C20H20BrN3OS/c1-4-18(15-6-5-7-16(21)12-15)22-23-20-24(2)19(13-26-20)14-8-10-17(25-3)11-9-14/h5-13H,4H2,1-3H3/b22-18+,23-20-. The Balaban J connectivity index is 1.95. The van der Waals surface area contributed by atoms with Crippen LogP contribution in [0.25, 0.3) is 11.3 Å². The van der Waals surface area contributed by atoms with Crippen molar-refractivity contribution >= 4 is 33.0 Å².